The number of ether oxygens (including phenoxy) is 1. The van der Waals surface area contributed by atoms with Crippen LogP contribution >= 0.6 is 0 Å². The fourth-order valence-electron chi connectivity index (χ4n) is 2.51. The molecule has 0 fully saturated rings. The molecule has 2 aromatic heterocycles. The van der Waals surface area contributed by atoms with Crippen LogP contribution in [0.5, 0.6) is 5.75 Å². The molecule has 0 atom stereocenters. The smallest absolute Gasteiger partial charge is 0.223 e. The van der Waals surface area contributed by atoms with Crippen molar-refractivity contribution in [3.8, 4) is 34.1 Å². The lowest BCUT2D eigenvalue weighted by Crippen LogP contribution is -1.99. The van der Waals surface area contributed by atoms with E-state index >= 15 is 0 Å². The normalized spacial score (nSPS) is 10.6. The maximum atomic E-state index is 5.20. The van der Waals surface area contributed by atoms with Gasteiger partial charge in [0.2, 0.25) is 5.82 Å². The van der Waals surface area contributed by atoms with E-state index in [0.717, 1.165) is 22.6 Å². The number of methoxy groups -OCH3 is 1. The Morgan fingerprint density at radius 3 is 2.52 bits per heavy atom. The highest BCUT2D eigenvalue weighted by Gasteiger charge is 2.09. The summed E-state index contributed by atoms with van der Waals surface area (Å²) in [5.74, 6) is 1.33. The standard InChI is InChI=1S/C19H15N5O/c1-25-17-10-8-14(9-11-17)15-5-4-6-16(13-15)24-22-19(21-23-24)18-7-2-3-12-20-18/h2-13H,1H3. The Bertz CT molecular complexity index is 980. The second kappa shape index (κ2) is 6.52. The van der Waals surface area contributed by atoms with Crippen molar-refractivity contribution in [2.75, 3.05) is 7.11 Å². The van der Waals surface area contributed by atoms with E-state index in [1.54, 1.807) is 13.3 Å². The Kier molecular flexibility index (Phi) is 3.92. The fraction of sp³-hybridized carbons (Fsp3) is 0.0526. The molecule has 0 bridgehead atoms. The highest BCUT2D eigenvalue weighted by atomic mass is 16.5. The van der Waals surface area contributed by atoms with E-state index in [1.807, 2.05) is 66.7 Å². The second-order valence-corrected chi connectivity index (χ2v) is 5.40. The monoisotopic (exact) mass is 329 g/mol. The maximum Gasteiger partial charge on any atom is 0.223 e. The van der Waals surface area contributed by atoms with Gasteiger partial charge in [0, 0.05) is 6.20 Å². The Morgan fingerprint density at radius 1 is 0.880 bits per heavy atom. The van der Waals surface area contributed by atoms with Crippen molar-refractivity contribution >= 4 is 0 Å². The van der Waals surface area contributed by atoms with Crippen LogP contribution in [-0.2, 0) is 0 Å². The predicted octanol–water partition coefficient (Wildman–Crippen LogP) is 3.40. The van der Waals surface area contributed by atoms with Gasteiger partial charge in [0.05, 0.1) is 12.8 Å². The number of hydrogen-bond donors (Lipinski definition) is 0. The lowest BCUT2D eigenvalue weighted by molar-refractivity contribution is 0.415. The van der Waals surface area contributed by atoms with Crippen molar-refractivity contribution in [2.45, 2.75) is 0 Å². The van der Waals surface area contributed by atoms with Gasteiger partial charge >= 0.3 is 0 Å². The minimum Gasteiger partial charge on any atom is -0.497 e. The molecule has 0 aliphatic rings. The molecule has 0 amide bonds. The molecular weight excluding hydrogens is 314 g/mol. The van der Waals surface area contributed by atoms with Crippen LogP contribution in [0.2, 0.25) is 0 Å². The molecule has 122 valence electrons. The predicted molar refractivity (Wildman–Crippen MR) is 94.4 cm³/mol. The summed E-state index contributed by atoms with van der Waals surface area (Å²) in [5, 5.41) is 12.7. The highest BCUT2D eigenvalue weighted by molar-refractivity contribution is 5.66. The topological polar surface area (TPSA) is 65.7 Å². The first-order valence-electron chi connectivity index (χ1n) is 7.80. The third-order valence-corrected chi connectivity index (χ3v) is 3.81. The molecule has 0 spiro atoms. The zero-order valence-corrected chi connectivity index (χ0v) is 13.6. The van der Waals surface area contributed by atoms with E-state index in [2.05, 4.69) is 20.4 Å². The van der Waals surface area contributed by atoms with Gasteiger partial charge in [-0.3, -0.25) is 4.98 Å². The number of aromatic nitrogens is 5. The summed E-state index contributed by atoms with van der Waals surface area (Å²) < 4.78 is 5.20. The summed E-state index contributed by atoms with van der Waals surface area (Å²) in [4.78, 5) is 5.76. The molecule has 6 heteroatoms. The van der Waals surface area contributed by atoms with Crippen molar-refractivity contribution in [3.63, 3.8) is 0 Å². The third-order valence-electron chi connectivity index (χ3n) is 3.81. The fourth-order valence-corrected chi connectivity index (χ4v) is 2.51. The van der Waals surface area contributed by atoms with E-state index < -0.39 is 0 Å². The SMILES string of the molecule is COc1ccc(-c2cccc(-n3nnc(-c4ccccn4)n3)c2)cc1. The number of rotatable bonds is 4. The molecule has 0 saturated carbocycles. The van der Waals surface area contributed by atoms with Crippen molar-refractivity contribution in [2.24, 2.45) is 0 Å². The molecular formula is C19H15N5O. The van der Waals surface area contributed by atoms with Crippen LogP contribution in [0.4, 0.5) is 0 Å². The Labute approximate surface area is 144 Å². The van der Waals surface area contributed by atoms with E-state index in [9.17, 15) is 0 Å². The molecule has 4 aromatic rings. The minimum absolute atomic E-state index is 0.496. The first kappa shape index (κ1) is 15.0. The summed E-state index contributed by atoms with van der Waals surface area (Å²) in [6.07, 6.45) is 1.71. The van der Waals surface area contributed by atoms with Crippen molar-refractivity contribution < 1.29 is 4.74 Å². The van der Waals surface area contributed by atoms with Crippen LogP contribution in [0, 0.1) is 0 Å². The van der Waals surface area contributed by atoms with Gasteiger partial charge in [-0.25, -0.2) is 0 Å². The quantitative estimate of drug-likeness (QED) is 0.574. The summed E-state index contributed by atoms with van der Waals surface area (Å²) in [7, 11) is 1.66. The van der Waals surface area contributed by atoms with Crippen molar-refractivity contribution in [1.29, 1.82) is 0 Å². The summed E-state index contributed by atoms with van der Waals surface area (Å²) in [6, 6.07) is 21.5. The Balaban J connectivity index is 1.66. The van der Waals surface area contributed by atoms with Gasteiger partial charge in [-0.2, -0.15) is 0 Å². The third kappa shape index (κ3) is 3.10. The molecule has 2 aromatic carbocycles. The van der Waals surface area contributed by atoms with E-state index in [4.69, 9.17) is 4.74 Å². The summed E-state index contributed by atoms with van der Waals surface area (Å²) in [5.41, 5.74) is 3.69. The van der Waals surface area contributed by atoms with Gasteiger partial charge in [0.15, 0.2) is 0 Å². The second-order valence-electron chi connectivity index (χ2n) is 5.40. The largest absolute Gasteiger partial charge is 0.497 e. The average Bonchev–Trinajstić information content (AvgIpc) is 3.19. The molecule has 0 saturated heterocycles. The molecule has 0 N–H and O–H groups in total. The van der Waals surface area contributed by atoms with Crippen LogP contribution < -0.4 is 4.74 Å². The molecule has 0 aliphatic heterocycles. The van der Waals surface area contributed by atoms with Gasteiger partial charge in [0.25, 0.3) is 0 Å². The highest BCUT2D eigenvalue weighted by Crippen LogP contribution is 2.24. The molecule has 25 heavy (non-hydrogen) atoms. The zero-order chi connectivity index (χ0) is 17.1. The summed E-state index contributed by atoms with van der Waals surface area (Å²) in [6.45, 7) is 0. The van der Waals surface area contributed by atoms with E-state index in [-0.39, 0.29) is 0 Å². The van der Waals surface area contributed by atoms with E-state index in [0.29, 0.717) is 11.5 Å². The Hall–Kier alpha value is -3.54. The van der Waals surface area contributed by atoms with Gasteiger partial charge in [-0.05, 0) is 52.7 Å². The number of pyridine rings is 1. The van der Waals surface area contributed by atoms with Gasteiger partial charge in [0.1, 0.15) is 11.4 Å². The minimum atomic E-state index is 0.496. The van der Waals surface area contributed by atoms with Crippen LogP contribution in [0.15, 0.2) is 72.9 Å². The number of nitrogens with zero attached hydrogens (tertiary/aromatic N) is 5. The Morgan fingerprint density at radius 2 is 1.76 bits per heavy atom. The first-order valence-corrected chi connectivity index (χ1v) is 7.80. The maximum absolute atomic E-state index is 5.20. The molecule has 0 aliphatic carbocycles. The lowest BCUT2D eigenvalue weighted by Gasteiger charge is -2.05. The van der Waals surface area contributed by atoms with Crippen LogP contribution in [-0.4, -0.2) is 32.3 Å². The van der Waals surface area contributed by atoms with E-state index in [1.165, 1.54) is 4.80 Å². The zero-order valence-electron chi connectivity index (χ0n) is 13.6. The number of hydrogen-bond acceptors (Lipinski definition) is 5. The number of benzene rings is 2. The van der Waals surface area contributed by atoms with Gasteiger partial charge in [-0.15, -0.1) is 15.0 Å². The van der Waals surface area contributed by atoms with Crippen LogP contribution in [0.3, 0.4) is 0 Å². The van der Waals surface area contributed by atoms with Gasteiger partial charge < -0.3 is 4.74 Å². The van der Waals surface area contributed by atoms with Crippen LogP contribution in [0.1, 0.15) is 0 Å². The molecule has 0 unspecified atom stereocenters. The van der Waals surface area contributed by atoms with Crippen molar-refractivity contribution in [1.82, 2.24) is 25.2 Å². The number of tetrazole rings is 1. The first-order chi connectivity index (χ1) is 12.3. The van der Waals surface area contributed by atoms with Crippen LogP contribution in [0.25, 0.3) is 28.3 Å². The molecule has 2 heterocycles. The molecule has 4 rings (SSSR count). The average molecular weight is 329 g/mol. The molecule has 0 radical (unpaired) electrons. The van der Waals surface area contributed by atoms with Crippen molar-refractivity contribution in [3.05, 3.63) is 72.9 Å². The molecule has 6 nitrogen and oxygen atoms in total. The lowest BCUT2D eigenvalue weighted by atomic mass is 10.1. The van der Waals surface area contributed by atoms with Gasteiger partial charge in [-0.1, -0.05) is 30.3 Å². The summed E-state index contributed by atoms with van der Waals surface area (Å²) >= 11 is 0.